The van der Waals surface area contributed by atoms with Crippen LogP contribution in [-0.2, 0) is 6.42 Å². The Kier molecular flexibility index (Phi) is 8.51. The molecule has 1 aliphatic heterocycles. The highest BCUT2D eigenvalue weighted by atomic mass is 32.2. The highest BCUT2D eigenvalue weighted by molar-refractivity contribution is 8.13. The van der Waals surface area contributed by atoms with E-state index < -0.39 is 0 Å². The summed E-state index contributed by atoms with van der Waals surface area (Å²) >= 11 is 2.91. The van der Waals surface area contributed by atoms with Gasteiger partial charge in [-0.2, -0.15) is 19.9 Å². The van der Waals surface area contributed by atoms with Gasteiger partial charge in [0.2, 0.25) is 5.95 Å². The summed E-state index contributed by atoms with van der Waals surface area (Å²) in [6, 6.07) is 17.3. The number of likely N-dealkylation sites (N-methyl/N-ethyl adjacent to an activating group) is 1. The Balaban J connectivity index is 1.59. The summed E-state index contributed by atoms with van der Waals surface area (Å²) < 4.78 is 0. The van der Waals surface area contributed by atoms with E-state index in [9.17, 15) is 5.11 Å². The largest absolute Gasteiger partial charge is 0.508 e. The van der Waals surface area contributed by atoms with E-state index in [4.69, 9.17) is 4.98 Å². The van der Waals surface area contributed by atoms with Crippen molar-refractivity contribution in [1.29, 1.82) is 0 Å². The van der Waals surface area contributed by atoms with Gasteiger partial charge in [0.05, 0.1) is 0 Å². The van der Waals surface area contributed by atoms with Gasteiger partial charge in [0.15, 0.2) is 10.3 Å². The fourth-order valence-electron chi connectivity index (χ4n) is 3.29. The average Bonchev–Trinajstić information content (AvgIpc) is 2.85. The zero-order valence-corrected chi connectivity index (χ0v) is 20.8. The zero-order chi connectivity index (χ0) is 23.8. The number of nitrogens with zero attached hydrogens (tertiary/aromatic N) is 7. The van der Waals surface area contributed by atoms with Crippen molar-refractivity contribution in [2.45, 2.75) is 16.5 Å². The lowest BCUT2D eigenvalue weighted by Gasteiger charge is -2.32. The lowest BCUT2D eigenvalue weighted by Crippen LogP contribution is -2.45. The number of phenolic OH excluding ortho intramolecular Hbond substituents is 1. The van der Waals surface area contributed by atoms with E-state index in [0.717, 1.165) is 36.6 Å². The summed E-state index contributed by atoms with van der Waals surface area (Å²) in [5.41, 5.74) is 0.811. The summed E-state index contributed by atoms with van der Waals surface area (Å²) in [5, 5.41) is 11.1. The quantitative estimate of drug-likeness (QED) is 0.405. The van der Waals surface area contributed by atoms with Crippen LogP contribution in [0.3, 0.4) is 0 Å². The third-order valence-electron chi connectivity index (χ3n) is 5.21. The molecule has 2 heterocycles. The number of aromatic hydroxyl groups is 1. The molecule has 1 aromatic heterocycles. The predicted molar refractivity (Wildman–Crippen MR) is 141 cm³/mol. The number of thioether (sulfide) groups is 1. The van der Waals surface area contributed by atoms with Gasteiger partial charge in [0.1, 0.15) is 5.75 Å². The highest BCUT2D eigenvalue weighted by Crippen LogP contribution is 2.27. The Bertz CT molecular complexity index is 1150. The number of aromatic nitrogens is 3. The fourth-order valence-corrected chi connectivity index (χ4v) is 4.40. The predicted octanol–water partition coefficient (Wildman–Crippen LogP) is 4.14. The Morgan fingerprint density at radius 3 is 2.47 bits per heavy atom. The Morgan fingerprint density at radius 2 is 1.74 bits per heavy atom. The van der Waals surface area contributed by atoms with Crippen LogP contribution in [-0.4, -0.2) is 75.8 Å². The third kappa shape index (κ3) is 6.78. The molecule has 3 aromatic rings. The lowest BCUT2D eigenvalue weighted by molar-refractivity contribution is 0.311. The molecule has 0 unspecified atom stereocenters. The van der Waals surface area contributed by atoms with Gasteiger partial charge in [0, 0.05) is 43.7 Å². The maximum atomic E-state index is 9.96. The minimum Gasteiger partial charge on any atom is -0.508 e. The van der Waals surface area contributed by atoms with Crippen LogP contribution >= 0.6 is 23.5 Å². The number of hydrogen-bond donors (Lipinski definition) is 1. The second-order valence-corrected chi connectivity index (χ2v) is 9.48. The van der Waals surface area contributed by atoms with E-state index in [1.165, 1.54) is 23.5 Å². The first-order valence-corrected chi connectivity index (χ1v) is 13.0. The molecular weight excluding hydrogens is 466 g/mol. The molecule has 0 saturated carbocycles. The summed E-state index contributed by atoms with van der Waals surface area (Å²) in [5.74, 6) is 1.23. The number of para-hydroxylation sites is 1. The Hall–Kier alpha value is -2.95. The fraction of sp³-hybridized carbons (Fsp3) is 0.292. The summed E-state index contributed by atoms with van der Waals surface area (Å²) in [7, 11) is 2.12. The smallest absolute Gasteiger partial charge is 0.257 e. The standard InChI is InChI=1S/C24H27N7OS2/c1-30-14-16-31(17-15-30)22-26-21(28-24(29-22)34-19-9-4-3-5-10-19)27-23(33-2)25-13-12-18-8-6-7-11-20(18)32/h3-11,13,32H,12,14-17H2,1-2H3. The Labute approximate surface area is 208 Å². The lowest BCUT2D eigenvalue weighted by atomic mass is 10.1. The second-order valence-electron chi connectivity index (χ2n) is 7.67. The first-order valence-electron chi connectivity index (χ1n) is 11.0. The van der Waals surface area contributed by atoms with E-state index >= 15 is 0 Å². The SMILES string of the molecule is CSC(N=CCc1ccccc1O)=Nc1nc(Sc2ccccc2)nc(N2CCN(C)CC2)n1. The van der Waals surface area contributed by atoms with Gasteiger partial charge in [-0.3, -0.25) is 0 Å². The van der Waals surface area contributed by atoms with Gasteiger partial charge in [-0.05, 0) is 48.8 Å². The number of hydrogen-bond acceptors (Lipinski definition) is 9. The van der Waals surface area contributed by atoms with Crippen molar-refractivity contribution in [2.75, 3.05) is 44.4 Å². The molecule has 0 amide bonds. The number of rotatable bonds is 6. The van der Waals surface area contributed by atoms with Crippen molar-refractivity contribution in [3.63, 3.8) is 0 Å². The van der Waals surface area contributed by atoms with Gasteiger partial charge < -0.3 is 14.9 Å². The van der Waals surface area contributed by atoms with E-state index in [1.807, 2.05) is 48.7 Å². The topological polar surface area (TPSA) is 90.1 Å². The molecular formula is C24H27N7OS2. The number of phenols is 1. The maximum Gasteiger partial charge on any atom is 0.257 e. The molecule has 1 fully saturated rings. The number of piperazine rings is 1. The van der Waals surface area contributed by atoms with Crippen molar-refractivity contribution >= 4 is 46.8 Å². The van der Waals surface area contributed by atoms with Gasteiger partial charge in [-0.25, -0.2) is 4.99 Å². The monoisotopic (exact) mass is 493 g/mol. The number of anilines is 1. The second kappa shape index (κ2) is 12.0. The van der Waals surface area contributed by atoms with E-state index in [2.05, 4.69) is 36.8 Å². The zero-order valence-electron chi connectivity index (χ0n) is 19.2. The van der Waals surface area contributed by atoms with E-state index in [-0.39, 0.29) is 5.75 Å². The normalized spacial score (nSPS) is 15.2. The van der Waals surface area contributed by atoms with Crippen molar-refractivity contribution < 1.29 is 5.11 Å². The summed E-state index contributed by atoms with van der Waals surface area (Å²) in [6.45, 7) is 3.62. The molecule has 176 valence electrons. The molecule has 1 aliphatic rings. The molecule has 0 bridgehead atoms. The van der Waals surface area contributed by atoms with Crippen molar-refractivity contribution in [3.8, 4) is 5.75 Å². The molecule has 4 rings (SSSR count). The van der Waals surface area contributed by atoms with Gasteiger partial charge in [0.25, 0.3) is 5.95 Å². The Morgan fingerprint density at radius 1 is 1.00 bits per heavy atom. The van der Waals surface area contributed by atoms with Crippen LogP contribution in [0.2, 0.25) is 0 Å². The van der Waals surface area contributed by atoms with Gasteiger partial charge in [-0.15, -0.1) is 0 Å². The minimum atomic E-state index is 0.258. The van der Waals surface area contributed by atoms with Crippen LogP contribution in [0.15, 0.2) is 74.6 Å². The number of amidine groups is 1. The molecule has 2 aromatic carbocycles. The maximum absolute atomic E-state index is 9.96. The average molecular weight is 494 g/mol. The first-order chi connectivity index (χ1) is 16.6. The molecule has 0 atom stereocenters. The van der Waals surface area contributed by atoms with Gasteiger partial charge in [-0.1, -0.05) is 48.2 Å². The molecule has 0 radical (unpaired) electrons. The van der Waals surface area contributed by atoms with Gasteiger partial charge >= 0.3 is 0 Å². The number of aliphatic imine (C=N–C) groups is 2. The molecule has 1 N–H and O–H groups in total. The third-order valence-corrected chi connectivity index (χ3v) is 6.65. The molecule has 34 heavy (non-hydrogen) atoms. The first kappa shape index (κ1) is 24.2. The number of benzene rings is 2. The molecule has 0 spiro atoms. The van der Waals surface area contributed by atoms with Crippen LogP contribution in [0.5, 0.6) is 5.75 Å². The van der Waals surface area contributed by atoms with Crippen molar-refractivity contribution in [1.82, 2.24) is 19.9 Å². The van der Waals surface area contributed by atoms with Crippen molar-refractivity contribution in [3.05, 3.63) is 60.2 Å². The van der Waals surface area contributed by atoms with E-state index in [1.54, 1.807) is 18.3 Å². The molecule has 8 nitrogen and oxygen atoms in total. The summed E-state index contributed by atoms with van der Waals surface area (Å²) in [6.07, 6.45) is 4.16. The van der Waals surface area contributed by atoms with Crippen LogP contribution in [0.1, 0.15) is 5.56 Å². The van der Waals surface area contributed by atoms with Crippen LogP contribution < -0.4 is 4.90 Å². The molecule has 0 aliphatic carbocycles. The van der Waals surface area contributed by atoms with Crippen molar-refractivity contribution in [2.24, 2.45) is 9.98 Å². The minimum absolute atomic E-state index is 0.258. The molecule has 10 heteroatoms. The van der Waals surface area contributed by atoms with Crippen LogP contribution in [0.25, 0.3) is 0 Å². The van der Waals surface area contributed by atoms with E-state index in [0.29, 0.717) is 28.6 Å². The molecule has 1 saturated heterocycles. The summed E-state index contributed by atoms with van der Waals surface area (Å²) in [4.78, 5) is 28.6. The highest BCUT2D eigenvalue weighted by Gasteiger charge is 2.19. The van der Waals surface area contributed by atoms with Crippen LogP contribution in [0, 0.1) is 0 Å². The van der Waals surface area contributed by atoms with Crippen LogP contribution in [0.4, 0.5) is 11.9 Å².